The molecule has 1 saturated heterocycles. The monoisotopic (exact) mass is 455 g/mol. The number of aromatic amines is 1. The number of H-pyrrole nitrogens is 1. The minimum Gasteiger partial charge on any atom is -0.494 e. The molecule has 2 aliphatic rings. The zero-order valence-corrected chi connectivity index (χ0v) is 18.1. The number of nitrogens with zero attached hydrogens (tertiary/aromatic N) is 2. The summed E-state index contributed by atoms with van der Waals surface area (Å²) in [5, 5.41) is 0.703. The van der Waals surface area contributed by atoms with Gasteiger partial charge in [-0.15, -0.1) is 0 Å². The highest BCUT2D eigenvalue weighted by Gasteiger charge is 2.34. The number of hydrogen-bond donors (Lipinski definition) is 1. The van der Waals surface area contributed by atoms with Crippen LogP contribution in [0, 0.1) is 0 Å². The molecule has 0 unspecified atom stereocenters. The summed E-state index contributed by atoms with van der Waals surface area (Å²) >= 11 is 0. The minimum atomic E-state index is -3.99. The molecule has 1 aromatic heterocycles. The van der Waals surface area contributed by atoms with Crippen molar-refractivity contribution in [1.82, 2.24) is 14.8 Å². The number of ether oxygens (including phenoxy) is 1. The lowest BCUT2D eigenvalue weighted by Gasteiger charge is -2.18. The van der Waals surface area contributed by atoms with Crippen molar-refractivity contribution in [3.05, 3.63) is 65.4 Å². The first-order valence-electron chi connectivity index (χ1n) is 15.8. The number of hydrogen-bond acceptors (Lipinski definition) is 4. The number of amides is 2. The van der Waals surface area contributed by atoms with Crippen molar-refractivity contribution in [1.29, 1.82) is 0 Å². The van der Waals surface area contributed by atoms with E-state index in [2.05, 4.69) is 9.88 Å². The quantitative estimate of drug-likeness (QED) is 0.477. The van der Waals surface area contributed by atoms with Gasteiger partial charge in [0.25, 0.3) is 11.8 Å². The second-order valence-electron chi connectivity index (χ2n) is 8.18. The average molecular weight is 456 g/mol. The molecule has 3 heterocycles. The van der Waals surface area contributed by atoms with Gasteiger partial charge in [-0.25, -0.2) is 0 Å². The number of likely N-dealkylation sites (N-methyl/N-ethyl adjacent to an activating group) is 1. The smallest absolute Gasteiger partial charge is 0.261 e. The van der Waals surface area contributed by atoms with Crippen molar-refractivity contribution < 1.29 is 28.0 Å². The van der Waals surface area contributed by atoms with E-state index in [4.69, 9.17) is 18.4 Å². The van der Waals surface area contributed by atoms with E-state index in [9.17, 15) is 9.59 Å². The number of carbonyl (C=O) groups excluding carboxylic acids is 2. The van der Waals surface area contributed by atoms with Crippen molar-refractivity contribution in [2.45, 2.75) is 44.4 Å². The van der Waals surface area contributed by atoms with Gasteiger partial charge < -0.3 is 14.6 Å². The average Bonchev–Trinajstić information content (AvgIpc) is 3.60. The number of nitrogens with one attached hydrogen (secondary N) is 1. The third kappa shape index (κ3) is 4.40. The van der Waals surface area contributed by atoms with Crippen LogP contribution in [0.2, 0.25) is 0 Å². The van der Waals surface area contributed by atoms with Gasteiger partial charge in [0.1, 0.15) is 5.75 Å². The summed E-state index contributed by atoms with van der Waals surface area (Å²) in [5.41, 5.74) is 1.23. The Morgan fingerprint density at radius 3 is 2.61 bits per heavy atom. The van der Waals surface area contributed by atoms with E-state index >= 15 is 0 Å². The van der Waals surface area contributed by atoms with Gasteiger partial charge in [-0.3, -0.25) is 14.5 Å². The van der Waals surface area contributed by atoms with E-state index in [1.54, 1.807) is 6.07 Å². The second-order valence-corrected chi connectivity index (χ2v) is 8.18. The Kier molecular flexibility index (Phi) is 3.69. The molecule has 0 bridgehead atoms. The molecule has 3 aromatic rings. The maximum atomic E-state index is 12.9. The summed E-state index contributed by atoms with van der Waals surface area (Å²) in [6, 6.07) is 10.1. The molecule has 2 aromatic carbocycles. The topological polar surface area (TPSA) is 65.6 Å². The molecule has 2 amide bonds. The van der Waals surface area contributed by atoms with Gasteiger partial charge in [0.05, 0.1) is 20.4 Å². The summed E-state index contributed by atoms with van der Waals surface area (Å²) in [4.78, 5) is 31.2. The maximum Gasteiger partial charge on any atom is 0.261 e. The number of likely N-dealkylation sites (tertiary alicyclic amines) is 1. The maximum absolute atomic E-state index is 12.9. The van der Waals surface area contributed by atoms with Crippen LogP contribution in [0.5, 0.6) is 5.75 Å². The van der Waals surface area contributed by atoms with E-state index in [-0.39, 0.29) is 21.8 Å². The predicted molar refractivity (Wildman–Crippen MR) is 129 cm³/mol. The zero-order chi connectivity index (χ0) is 31.8. The van der Waals surface area contributed by atoms with E-state index in [0.29, 0.717) is 17.8 Å². The molecular formula is C27H31N3O3. The lowest BCUT2D eigenvalue weighted by atomic mass is 10.0. The molecule has 172 valence electrons. The lowest BCUT2D eigenvalue weighted by molar-refractivity contribution is 0.0651. The summed E-state index contributed by atoms with van der Waals surface area (Å²) in [6.07, 6.45) is -7.15. The van der Waals surface area contributed by atoms with Crippen molar-refractivity contribution >= 4 is 22.7 Å². The molecule has 2 aliphatic heterocycles. The van der Waals surface area contributed by atoms with Crippen LogP contribution in [-0.4, -0.2) is 59.3 Å². The number of rotatable bonds is 9. The van der Waals surface area contributed by atoms with Crippen LogP contribution in [0.15, 0.2) is 48.7 Å². The molecule has 1 fully saturated rings. The van der Waals surface area contributed by atoms with Crippen molar-refractivity contribution in [2.24, 2.45) is 0 Å². The Morgan fingerprint density at radius 1 is 1.09 bits per heavy atom. The van der Waals surface area contributed by atoms with E-state index < -0.39 is 44.0 Å². The van der Waals surface area contributed by atoms with Gasteiger partial charge in [0, 0.05) is 40.6 Å². The van der Waals surface area contributed by atoms with Gasteiger partial charge >= 0.3 is 0 Å². The predicted octanol–water partition coefficient (Wildman–Crippen LogP) is 4.65. The Balaban J connectivity index is 1.43. The molecule has 5 rings (SSSR count). The Labute approximate surface area is 208 Å². The highest BCUT2D eigenvalue weighted by molar-refractivity contribution is 6.21. The third-order valence-corrected chi connectivity index (χ3v) is 6.17. The largest absolute Gasteiger partial charge is 0.494 e. The highest BCUT2D eigenvalue weighted by atomic mass is 16.5. The van der Waals surface area contributed by atoms with Gasteiger partial charge in [-0.2, -0.15) is 0 Å². The normalized spacial score (nSPS) is 25.1. The standard InChI is InChI=1S/C27H31N3O3/c1-29-13-7-8-20(29)16-19-18-28-25-12-11-21(17-24(19)25)33-15-6-2-5-14-30-26(31)22-9-3-4-10-23(22)27(30)32/h3-4,9-12,17-18,20,28H,2,5-8,13-16H2,1H3/t20-/m1/s1/i2D2,5D2,6D2,14D2,15D2. The molecule has 0 aliphatic carbocycles. The number of fused-ring (bicyclic) bond motifs is 2. The van der Waals surface area contributed by atoms with Gasteiger partial charge in [-0.1, -0.05) is 12.1 Å². The fraction of sp³-hybridized carbons (Fsp3) is 0.407. The molecule has 0 radical (unpaired) electrons. The van der Waals surface area contributed by atoms with E-state index in [1.807, 2.05) is 13.2 Å². The summed E-state index contributed by atoms with van der Waals surface area (Å²) in [6.45, 7) is -6.30. The van der Waals surface area contributed by atoms with Gasteiger partial charge in [0.15, 0.2) is 0 Å². The molecular weight excluding hydrogens is 414 g/mol. The van der Waals surface area contributed by atoms with Crippen LogP contribution in [-0.2, 0) is 6.42 Å². The Morgan fingerprint density at radius 2 is 1.88 bits per heavy atom. The van der Waals surface area contributed by atoms with Crippen LogP contribution in [0.3, 0.4) is 0 Å². The van der Waals surface area contributed by atoms with Crippen molar-refractivity contribution in [3.63, 3.8) is 0 Å². The van der Waals surface area contributed by atoms with Crippen LogP contribution in [0.1, 0.15) is 71.9 Å². The number of aromatic nitrogens is 1. The van der Waals surface area contributed by atoms with Crippen molar-refractivity contribution in [2.75, 3.05) is 26.6 Å². The first kappa shape index (κ1) is 12.9. The summed E-state index contributed by atoms with van der Waals surface area (Å²) in [5.74, 6) is -2.59. The molecule has 0 saturated carbocycles. The van der Waals surface area contributed by atoms with E-state index in [1.165, 1.54) is 36.4 Å². The molecule has 1 atom stereocenters. The third-order valence-electron chi connectivity index (χ3n) is 6.17. The van der Waals surface area contributed by atoms with Gasteiger partial charge in [0.2, 0.25) is 0 Å². The van der Waals surface area contributed by atoms with E-state index in [0.717, 1.165) is 30.5 Å². The van der Waals surface area contributed by atoms with Crippen molar-refractivity contribution in [3.8, 4) is 5.75 Å². The van der Waals surface area contributed by atoms with Gasteiger partial charge in [-0.05, 0) is 87.9 Å². The fourth-order valence-corrected chi connectivity index (χ4v) is 4.40. The number of benzene rings is 2. The molecule has 6 heteroatoms. The fourth-order valence-electron chi connectivity index (χ4n) is 4.40. The first-order valence-corrected chi connectivity index (χ1v) is 10.8. The Hall–Kier alpha value is -3.12. The molecule has 6 nitrogen and oxygen atoms in total. The van der Waals surface area contributed by atoms with Crippen LogP contribution < -0.4 is 4.74 Å². The van der Waals surface area contributed by atoms with Crippen LogP contribution in [0.4, 0.5) is 0 Å². The molecule has 1 N–H and O–H groups in total. The zero-order valence-electron chi connectivity index (χ0n) is 28.1. The second kappa shape index (κ2) is 9.40. The molecule has 33 heavy (non-hydrogen) atoms. The summed E-state index contributed by atoms with van der Waals surface area (Å²) < 4.78 is 89.7. The Bertz CT molecular complexity index is 1550. The SMILES string of the molecule is [2H]C([2H])(Oc1ccc2[nH]cc(C[C@H]3CCCN3C)c2c1)C([2H])([2H])C([2H])([2H])C([2H])([2H])C([2H])([2H])N1C(=O)c2ccccc2C1=O. The number of imide groups is 1. The lowest BCUT2D eigenvalue weighted by Crippen LogP contribution is -2.30. The minimum absolute atomic E-state index is 0.0782. The molecule has 0 spiro atoms. The summed E-state index contributed by atoms with van der Waals surface area (Å²) in [7, 11) is 2.04. The van der Waals surface area contributed by atoms with Crippen LogP contribution in [0.25, 0.3) is 10.9 Å². The van der Waals surface area contributed by atoms with Crippen LogP contribution >= 0.6 is 0 Å². The first-order chi connectivity index (χ1) is 19.8. The number of carbonyl (C=O) groups is 2. The highest BCUT2D eigenvalue weighted by Crippen LogP contribution is 2.28.